The molecule has 1 saturated carbocycles. The van der Waals surface area contributed by atoms with E-state index in [9.17, 15) is 0 Å². The van der Waals surface area contributed by atoms with Gasteiger partial charge in [0.25, 0.3) is 0 Å². The second kappa shape index (κ2) is 9.90. The highest BCUT2D eigenvalue weighted by atomic mass is 16.5. The molecule has 0 radical (unpaired) electrons. The highest BCUT2D eigenvalue weighted by molar-refractivity contribution is 4.79. The van der Waals surface area contributed by atoms with Crippen LogP contribution in [0.3, 0.4) is 0 Å². The third-order valence-electron chi connectivity index (χ3n) is 3.95. The topological polar surface area (TPSA) is 21.3 Å². The van der Waals surface area contributed by atoms with Crippen molar-refractivity contribution in [3.8, 4) is 0 Å². The SMILES string of the molecule is CCCCOCCCNC1CCCCC1CC. The van der Waals surface area contributed by atoms with Crippen LogP contribution in [0.15, 0.2) is 0 Å². The molecule has 1 rings (SSSR count). The van der Waals surface area contributed by atoms with E-state index in [1.54, 1.807) is 0 Å². The number of unbranched alkanes of at least 4 members (excludes halogenated alkanes) is 1. The van der Waals surface area contributed by atoms with Crippen molar-refractivity contribution < 1.29 is 4.74 Å². The summed E-state index contributed by atoms with van der Waals surface area (Å²) < 4.78 is 5.58. The molecular formula is C15H31NO. The summed E-state index contributed by atoms with van der Waals surface area (Å²) in [6.07, 6.45) is 10.6. The van der Waals surface area contributed by atoms with E-state index < -0.39 is 0 Å². The van der Waals surface area contributed by atoms with Gasteiger partial charge in [-0.05, 0) is 38.1 Å². The average molecular weight is 241 g/mol. The summed E-state index contributed by atoms with van der Waals surface area (Å²) in [6, 6.07) is 0.782. The van der Waals surface area contributed by atoms with Gasteiger partial charge in [-0.2, -0.15) is 0 Å². The third kappa shape index (κ3) is 6.42. The van der Waals surface area contributed by atoms with Gasteiger partial charge >= 0.3 is 0 Å². The summed E-state index contributed by atoms with van der Waals surface area (Å²) >= 11 is 0. The predicted molar refractivity (Wildman–Crippen MR) is 74.4 cm³/mol. The Morgan fingerprint density at radius 1 is 1.06 bits per heavy atom. The second-order valence-electron chi connectivity index (χ2n) is 5.33. The molecule has 0 heterocycles. The highest BCUT2D eigenvalue weighted by Crippen LogP contribution is 2.26. The van der Waals surface area contributed by atoms with Crippen molar-refractivity contribution in [1.29, 1.82) is 0 Å². The normalized spacial score (nSPS) is 25.1. The quantitative estimate of drug-likeness (QED) is 0.621. The molecule has 2 nitrogen and oxygen atoms in total. The molecule has 0 aromatic heterocycles. The molecule has 2 heteroatoms. The number of hydrogen-bond donors (Lipinski definition) is 1. The van der Waals surface area contributed by atoms with Crippen molar-refractivity contribution in [3.05, 3.63) is 0 Å². The Kier molecular flexibility index (Phi) is 8.72. The van der Waals surface area contributed by atoms with E-state index >= 15 is 0 Å². The summed E-state index contributed by atoms with van der Waals surface area (Å²) in [5, 5.41) is 3.73. The van der Waals surface area contributed by atoms with Gasteiger partial charge in [0.15, 0.2) is 0 Å². The largest absolute Gasteiger partial charge is 0.381 e. The first-order valence-corrected chi connectivity index (χ1v) is 7.69. The van der Waals surface area contributed by atoms with E-state index in [4.69, 9.17) is 4.74 Å². The Morgan fingerprint density at radius 3 is 2.59 bits per heavy atom. The standard InChI is InChI=1S/C15H31NO/c1-3-5-12-17-13-8-11-16-15-10-7-6-9-14(15)4-2/h14-16H,3-13H2,1-2H3. The Hall–Kier alpha value is -0.0800. The van der Waals surface area contributed by atoms with Gasteiger partial charge in [-0.1, -0.05) is 39.5 Å². The van der Waals surface area contributed by atoms with E-state index in [2.05, 4.69) is 19.2 Å². The lowest BCUT2D eigenvalue weighted by Gasteiger charge is -2.31. The summed E-state index contributed by atoms with van der Waals surface area (Å²) in [6.45, 7) is 7.54. The molecule has 1 fully saturated rings. The molecule has 0 aromatic carbocycles. The molecule has 17 heavy (non-hydrogen) atoms. The van der Waals surface area contributed by atoms with Gasteiger partial charge in [-0.3, -0.25) is 0 Å². The van der Waals surface area contributed by atoms with Crippen molar-refractivity contribution in [2.24, 2.45) is 5.92 Å². The van der Waals surface area contributed by atoms with Crippen LogP contribution in [0.1, 0.15) is 65.2 Å². The molecule has 0 saturated heterocycles. The molecule has 0 amide bonds. The van der Waals surface area contributed by atoms with Gasteiger partial charge < -0.3 is 10.1 Å². The minimum Gasteiger partial charge on any atom is -0.381 e. The number of nitrogens with one attached hydrogen (secondary N) is 1. The van der Waals surface area contributed by atoms with Crippen molar-refractivity contribution in [3.63, 3.8) is 0 Å². The van der Waals surface area contributed by atoms with Gasteiger partial charge in [0.2, 0.25) is 0 Å². The fourth-order valence-electron chi connectivity index (χ4n) is 2.78. The lowest BCUT2D eigenvalue weighted by Crippen LogP contribution is -2.39. The number of hydrogen-bond acceptors (Lipinski definition) is 2. The van der Waals surface area contributed by atoms with Crippen molar-refractivity contribution in [2.45, 2.75) is 71.3 Å². The molecule has 0 aliphatic heterocycles. The van der Waals surface area contributed by atoms with Crippen LogP contribution in [0.2, 0.25) is 0 Å². The monoisotopic (exact) mass is 241 g/mol. The maximum Gasteiger partial charge on any atom is 0.0478 e. The van der Waals surface area contributed by atoms with Crippen LogP contribution in [-0.4, -0.2) is 25.8 Å². The zero-order valence-corrected chi connectivity index (χ0v) is 11.8. The predicted octanol–water partition coefficient (Wildman–Crippen LogP) is 3.75. The third-order valence-corrected chi connectivity index (χ3v) is 3.95. The Morgan fingerprint density at radius 2 is 1.82 bits per heavy atom. The maximum absolute atomic E-state index is 5.58. The zero-order valence-electron chi connectivity index (χ0n) is 11.8. The van der Waals surface area contributed by atoms with Gasteiger partial charge in [0, 0.05) is 19.3 Å². The first-order valence-electron chi connectivity index (χ1n) is 7.69. The van der Waals surface area contributed by atoms with E-state index in [1.165, 1.54) is 44.9 Å². The smallest absolute Gasteiger partial charge is 0.0478 e. The first-order chi connectivity index (χ1) is 8.38. The molecule has 2 atom stereocenters. The first kappa shape index (κ1) is 15.0. The van der Waals surface area contributed by atoms with Crippen LogP contribution >= 0.6 is 0 Å². The minimum absolute atomic E-state index is 0.782. The fourth-order valence-corrected chi connectivity index (χ4v) is 2.78. The van der Waals surface area contributed by atoms with Crippen LogP contribution in [0, 0.1) is 5.92 Å². The van der Waals surface area contributed by atoms with Gasteiger partial charge in [0.1, 0.15) is 0 Å². The number of ether oxygens (including phenoxy) is 1. The summed E-state index contributed by atoms with van der Waals surface area (Å²) in [5.74, 6) is 0.921. The van der Waals surface area contributed by atoms with Crippen molar-refractivity contribution >= 4 is 0 Å². The van der Waals surface area contributed by atoms with E-state index in [-0.39, 0.29) is 0 Å². The van der Waals surface area contributed by atoms with Gasteiger partial charge in [-0.25, -0.2) is 0 Å². The molecule has 102 valence electrons. The molecular weight excluding hydrogens is 210 g/mol. The fraction of sp³-hybridized carbons (Fsp3) is 1.00. The lowest BCUT2D eigenvalue weighted by atomic mass is 9.83. The molecule has 2 unspecified atom stereocenters. The Bertz CT molecular complexity index is 172. The van der Waals surface area contributed by atoms with E-state index in [1.807, 2.05) is 0 Å². The molecule has 1 N–H and O–H groups in total. The highest BCUT2D eigenvalue weighted by Gasteiger charge is 2.22. The van der Waals surface area contributed by atoms with Crippen molar-refractivity contribution in [1.82, 2.24) is 5.32 Å². The molecule has 1 aliphatic rings. The molecule has 0 spiro atoms. The van der Waals surface area contributed by atoms with E-state index in [0.29, 0.717) is 0 Å². The Labute approximate surface area is 108 Å². The van der Waals surface area contributed by atoms with Crippen LogP contribution in [0.5, 0.6) is 0 Å². The van der Waals surface area contributed by atoms with Crippen LogP contribution in [0.25, 0.3) is 0 Å². The molecule has 1 aliphatic carbocycles. The maximum atomic E-state index is 5.58. The zero-order chi connectivity index (χ0) is 12.3. The van der Waals surface area contributed by atoms with Crippen LogP contribution in [0.4, 0.5) is 0 Å². The number of rotatable bonds is 9. The Balaban J connectivity index is 1.97. The van der Waals surface area contributed by atoms with Crippen LogP contribution < -0.4 is 5.32 Å². The van der Waals surface area contributed by atoms with Crippen LogP contribution in [-0.2, 0) is 4.74 Å². The summed E-state index contributed by atoms with van der Waals surface area (Å²) in [5.41, 5.74) is 0. The van der Waals surface area contributed by atoms with Crippen molar-refractivity contribution in [2.75, 3.05) is 19.8 Å². The van der Waals surface area contributed by atoms with Gasteiger partial charge in [-0.15, -0.1) is 0 Å². The van der Waals surface area contributed by atoms with Gasteiger partial charge in [0.05, 0.1) is 0 Å². The average Bonchev–Trinajstić information content (AvgIpc) is 2.38. The lowest BCUT2D eigenvalue weighted by molar-refractivity contribution is 0.126. The molecule has 0 bridgehead atoms. The van der Waals surface area contributed by atoms with E-state index in [0.717, 1.165) is 38.1 Å². The summed E-state index contributed by atoms with van der Waals surface area (Å²) in [7, 11) is 0. The molecule has 0 aromatic rings. The minimum atomic E-state index is 0.782. The summed E-state index contributed by atoms with van der Waals surface area (Å²) in [4.78, 5) is 0. The second-order valence-corrected chi connectivity index (χ2v) is 5.33.